The molecule has 0 radical (unpaired) electrons. The van der Waals surface area contributed by atoms with E-state index in [1.807, 2.05) is 19.1 Å². The first-order valence-electron chi connectivity index (χ1n) is 37.8. The van der Waals surface area contributed by atoms with Gasteiger partial charge >= 0.3 is 36.9 Å². The van der Waals surface area contributed by atoms with Crippen molar-refractivity contribution in [2.24, 2.45) is 0 Å². The number of nitrogens with one attached hydrogen (secondary N) is 2. The average Bonchev–Trinajstić information content (AvgIpc) is 1.65. The zero-order chi connectivity index (χ0) is 82.2. The van der Waals surface area contributed by atoms with Gasteiger partial charge in [-0.3, -0.25) is 60.7 Å². The first kappa shape index (κ1) is 86.7. The molecule has 624 valence electrons. The lowest BCUT2D eigenvalue weighted by atomic mass is 10.1. The molecule has 16 atom stereocenters. The molecule has 10 N–H and O–H groups in total. The Morgan fingerprint density at radius 2 is 1.04 bits per heavy atom. The minimum absolute atomic E-state index is 0.0591. The number of hydrogen-bond donors (Lipinski definition) is 8. The van der Waals surface area contributed by atoms with E-state index in [2.05, 4.69) is 36.8 Å². The summed E-state index contributed by atoms with van der Waals surface area (Å²) in [5.41, 5.74) is 14.7. The van der Waals surface area contributed by atoms with Crippen LogP contribution in [0.25, 0.3) is 22.3 Å². The number of aliphatic hydroxyl groups excluding tert-OH is 4. The maximum atomic E-state index is 14.9. The molecule has 4 unspecified atom stereocenters. The number of aliphatic hydroxyl groups is 4. The van der Waals surface area contributed by atoms with Crippen LogP contribution in [0, 0.1) is 6.92 Å². The van der Waals surface area contributed by atoms with Crippen molar-refractivity contribution in [1.82, 2.24) is 48.2 Å². The summed E-state index contributed by atoms with van der Waals surface area (Å²) in [5, 5.41) is 42.8. The third-order valence-corrected chi connectivity index (χ3v) is 27.2. The Bertz CT molecular complexity index is 5150. The molecule has 13 rings (SSSR count). The Morgan fingerprint density at radius 1 is 0.560 bits per heavy atom. The average molecular weight is 1690 g/mol. The summed E-state index contributed by atoms with van der Waals surface area (Å²) in [7, 11) is 2.66. The summed E-state index contributed by atoms with van der Waals surface area (Å²) in [5.74, 6) is -0.0951. The molecule has 4 aliphatic heterocycles. The number of carbonyl (C=O) groups excluding carboxylic acids is 2. The summed E-state index contributed by atoms with van der Waals surface area (Å²) in [4.78, 5) is 96.0. The van der Waals surface area contributed by atoms with E-state index in [4.69, 9.17) is 67.5 Å². The lowest BCUT2D eigenvalue weighted by molar-refractivity contribution is -0.134. The highest BCUT2D eigenvalue weighted by Crippen LogP contribution is 2.65. The summed E-state index contributed by atoms with van der Waals surface area (Å²) >= 11 is 1.63. The van der Waals surface area contributed by atoms with Crippen molar-refractivity contribution in [2.45, 2.75) is 188 Å². The fourth-order valence-electron chi connectivity index (χ4n) is 13.7. The number of nitrogens with two attached hydrogens (primary N) is 2. The highest BCUT2D eigenvalue weighted by Gasteiger charge is 2.53. The van der Waals surface area contributed by atoms with Crippen LogP contribution in [0.4, 0.5) is 11.4 Å². The summed E-state index contributed by atoms with van der Waals surface area (Å²) in [6.07, 6.45) is 4.56. The van der Waals surface area contributed by atoms with Crippen LogP contribution in [0.3, 0.4) is 0 Å². The van der Waals surface area contributed by atoms with Gasteiger partial charge < -0.3 is 69.8 Å². The number of H-pyrrole nitrogens is 2. The standard InChI is InChI=1S/C40H55N6O12PS.C36H39N6O12PS/c1-3-4-5-6-7-8-9-10-11-15-34(50)55-27-14-12-13-26(20-27)24-60-59(52,58-36-30(22-47)57-39(37(36)53-2)45-19-17-32(49)44-40(45)51)54-23-31-29(48)21-33(56-31)46-25-43-35-28(41)16-18-42-38(35)46;1-20-3-7-22(8-4-20)35(46)51-23-9-5-21(6-10-23)18-56-55(48,54-31-26(16-43)53-34(32(31)49-2)41-14-12-28(45)40-36(41)47)50-17-27-25(44)15-29(52-27)42-19-39-30-24(37)11-13-38-33(30)42/h12-14,16-20,25,29-31,33,36-37,39,47-48H,3-11,15,21-24H2,1-2H3,(H2,41,42)(H,44,49,51);3-14,19,25-27,29,31-32,34,43-44H,15-18H2,1-2H3,(H2,37,38)(H,40,45,47)/t29-,30-,31-,33-,36+,37?,39-,59?;25-,26-,27-,29-,31+,32?,34-,55?/m11/s1. The van der Waals surface area contributed by atoms with Crippen molar-refractivity contribution < 1.29 is 95.1 Å². The van der Waals surface area contributed by atoms with Gasteiger partial charge in [0.05, 0.1) is 68.2 Å². The van der Waals surface area contributed by atoms with Crippen LogP contribution in [-0.2, 0) is 71.9 Å². The van der Waals surface area contributed by atoms with E-state index in [0.29, 0.717) is 68.3 Å². The van der Waals surface area contributed by atoms with E-state index in [1.165, 1.54) is 77.6 Å². The Morgan fingerprint density at radius 3 is 1.52 bits per heavy atom. The molecule has 0 aliphatic carbocycles. The molecule has 4 fully saturated rings. The van der Waals surface area contributed by atoms with Gasteiger partial charge in [0.25, 0.3) is 11.1 Å². The van der Waals surface area contributed by atoms with Gasteiger partial charge in [0.1, 0.15) is 83.8 Å². The summed E-state index contributed by atoms with van der Waals surface area (Å²) in [6, 6.07) is 25.9. The number of benzene rings is 3. The first-order valence-corrected chi connectivity index (χ1v) is 44.1. The van der Waals surface area contributed by atoms with Gasteiger partial charge in [-0.25, -0.2) is 43.4 Å². The Balaban J connectivity index is 0.000000214. The molecule has 0 saturated carbocycles. The first-order chi connectivity index (χ1) is 56.0. The second kappa shape index (κ2) is 40.2. The third-order valence-electron chi connectivity index (χ3n) is 19.8. The van der Waals surface area contributed by atoms with Crippen LogP contribution in [0.2, 0.25) is 0 Å². The number of esters is 2. The van der Waals surface area contributed by atoms with Crippen molar-refractivity contribution in [3.63, 3.8) is 0 Å². The number of hydrogen-bond acceptors (Lipinski definition) is 32. The largest absolute Gasteiger partial charge is 0.427 e. The number of unbranched alkanes of at least 4 members (excludes halogenated alkanes) is 8. The smallest absolute Gasteiger partial charge is 0.389 e. The molecular weight excluding hydrogens is 1590 g/mol. The minimum atomic E-state index is -4.30. The van der Waals surface area contributed by atoms with E-state index < -0.39 is 141 Å². The van der Waals surface area contributed by atoms with Crippen molar-refractivity contribution >= 4 is 82.0 Å². The monoisotopic (exact) mass is 1680 g/mol. The van der Waals surface area contributed by atoms with Crippen molar-refractivity contribution in [3.8, 4) is 11.5 Å². The molecule has 4 saturated heterocycles. The molecule has 40 heteroatoms. The van der Waals surface area contributed by atoms with E-state index >= 15 is 0 Å². The van der Waals surface area contributed by atoms with Crippen molar-refractivity contribution in [2.75, 3.05) is 52.1 Å². The molecule has 36 nitrogen and oxygen atoms in total. The molecule has 0 spiro atoms. The van der Waals surface area contributed by atoms with Gasteiger partial charge in [-0.1, -0.05) is 100 Å². The van der Waals surface area contributed by atoms with Gasteiger partial charge in [-0.05, 0) is 95.8 Å². The van der Waals surface area contributed by atoms with Gasteiger partial charge in [0, 0.05) is 81.9 Å². The number of rotatable bonds is 37. The maximum absolute atomic E-state index is 14.9. The fourth-order valence-corrected chi connectivity index (χ4v) is 20.4. The summed E-state index contributed by atoms with van der Waals surface area (Å²) < 4.78 is 106. The predicted molar refractivity (Wildman–Crippen MR) is 425 cm³/mol. The van der Waals surface area contributed by atoms with Gasteiger partial charge in [0.2, 0.25) is 0 Å². The second-order valence-corrected chi connectivity index (χ2v) is 36.1. The van der Waals surface area contributed by atoms with Gasteiger partial charge in [-0.15, -0.1) is 0 Å². The quantitative estimate of drug-likeness (QED) is 0.00782. The molecule has 116 heavy (non-hydrogen) atoms. The van der Waals surface area contributed by atoms with E-state index in [-0.39, 0.29) is 43.5 Å². The molecule has 0 bridgehead atoms. The molecular formula is C76H94N12O24P2S2. The fraction of sp³-hybridized carbons (Fsp3) is 0.474. The topological polar surface area (TPSA) is 483 Å². The molecule has 9 aromatic rings. The number of nitrogen functional groups attached to an aromatic ring is 2. The maximum Gasteiger partial charge on any atom is 0.389 e. The van der Waals surface area contributed by atoms with Gasteiger partial charge in [-0.2, -0.15) is 0 Å². The van der Waals surface area contributed by atoms with Crippen LogP contribution in [-0.4, -0.2) is 182 Å². The number of carbonyl (C=O) groups is 2. The SMILES string of the molecule is CCCCCCCCCCCC(=O)Oc1cccc(CSP(=O)(OC[C@H]2O[C@@H](n3cnc4c(N)ccnc43)C[C@H]2O)O[C@@H]2C(OC)[C@H](n3ccc(=O)[nH]c3=O)O[C@@H]2CO)c1.COC1[C@@H](OP(=O)(OC[C@H]2O[C@@H](n3cnc4c(N)ccnc43)C[C@H]2O)SCc2ccc(OC(=O)c3ccc(C)cc3)cc2)[C@@H](CO)O[C@H]1n1ccc(=O)[nH]c1=O. The van der Waals surface area contributed by atoms with Crippen molar-refractivity contribution in [3.05, 3.63) is 198 Å². The molecule has 0 amide bonds. The van der Waals surface area contributed by atoms with Crippen LogP contribution < -0.4 is 43.4 Å². The number of ether oxygens (including phenoxy) is 8. The van der Waals surface area contributed by atoms with Crippen LogP contribution in [0.5, 0.6) is 11.5 Å². The number of anilines is 2. The normalized spacial score (nSPS) is 24.3. The van der Waals surface area contributed by atoms with Crippen molar-refractivity contribution in [1.29, 1.82) is 0 Å². The minimum Gasteiger partial charge on any atom is -0.427 e. The third kappa shape index (κ3) is 21.6. The predicted octanol–water partition coefficient (Wildman–Crippen LogP) is 8.47. The van der Waals surface area contributed by atoms with Crippen LogP contribution in [0.1, 0.15) is 136 Å². The molecule has 6 aromatic heterocycles. The van der Waals surface area contributed by atoms with E-state index in [1.54, 1.807) is 88.1 Å². The van der Waals surface area contributed by atoms with Crippen LogP contribution in [0.15, 0.2) is 154 Å². The van der Waals surface area contributed by atoms with Crippen LogP contribution >= 0.6 is 36.4 Å². The number of aryl methyl sites for hydroxylation is 1. The molecule has 10 heterocycles. The molecule has 4 aliphatic rings. The number of pyridine rings is 2. The Kier molecular flexibility index (Phi) is 30.1. The lowest BCUT2D eigenvalue weighted by Crippen LogP contribution is -2.39. The Hall–Kier alpha value is -8.60. The molecule has 3 aromatic carbocycles. The number of fused-ring (bicyclic) bond motifs is 2. The summed E-state index contributed by atoms with van der Waals surface area (Å²) in [6.45, 7) is -6.44. The zero-order valence-corrected chi connectivity index (χ0v) is 67.3. The number of methoxy groups -OCH3 is 2. The number of aromatic amines is 2. The van der Waals surface area contributed by atoms with E-state index in [9.17, 15) is 58.3 Å². The number of aromatic nitrogens is 10. The van der Waals surface area contributed by atoms with E-state index in [0.717, 1.165) is 75.3 Å². The number of nitrogens with zero attached hydrogens (tertiary/aromatic N) is 8. The highest BCUT2D eigenvalue weighted by atomic mass is 32.7. The lowest BCUT2D eigenvalue weighted by Gasteiger charge is -2.28. The zero-order valence-electron chi connectivity index (χ0n) is 63.9. The second-order valence-electron chi connectivity index (χ2n) is 28.0. The highest BCUT2D eigenvalue weighted by molar-refractivity contribution is 8.55. The number of imidazole rings is 2. The Labute approximate surface area is 672 Å². The van der Waals surface area contributed by atoms with Gasteiger partial charge in [0.15, 0.2) is 23.8 Å².